The van der Waals surface area contributed by atoms with Crippen LogP contribution < -0.4 is 0 Å². The van der Waals surface area contributed by atoms with Gasteiger partial charge in [0.15, 0.2) is 0 Å². The van der Waals surface area contributed by atoms with E-state index in [0.29, 0.717) is 5.92 Å². The molecule has 0 N–H and O–H groups in total. The maximum atomic E-state index is 12.8. The van der Waals surface area contributed by atoms with Gasteiger partial charge in [0, 0.05) is 17.4 Å². The van der Waals surface area contributed by atoms with Crippen molar-refractivity contribution >= 4 is 5.97 Å². The van der Waals surface area contributed by atoms with E-state index < -0.39 is 5.60 Å². The molecule has 1 heterocycles. The summed E-state index contributed by atoms with van der Waals surface area (Å²) in [5.74, 6) is 0.661. The van der Waals surface area contributed by atoms with Crippen LogP contribution in [0.1, 0.15) is 6.42 Å². The Bertz CT molecular complexity index is 859. The molecule has 2 fully saturated rings. The first-order chi connectivity index (χ1) is 12.3. The number of carbonyl (C=O) groups excluding carboxylic acids is 1. The zero-order valence-electron chi connectivity index (χ0n) is 13.9. The van der Waals surface area contributed by atoms with Crippen LogP contribution in [-0.2, 0) is 9.53 Å². The number of esters is 1. The lowest BCUT2D eigenvalue weighted by molar-refractivity contribution is -0.147. The van der Waals surface area contributed by atoms with E-state index >= 15 is 0 Å². The van der Waals surface area contributed by atoms with E-state index in [2.05, 4.69) is 60.8 Å². The Labute approximate surface area is 147 Å². The fourth-order valence-corrected chi connectivity index (χ4v) is 5.18. The molecule has 0 radical (unpaired) electrons. The molecular weight excluding hydrogens is 308 g/mol. The molecule has 0 unspecified atom stereocenters. The molecule has 2 heteroatoms. The van der Waals surface area contributed by atoms with Crippen molar-refractivity contribution in [1.82, 2.24) is 0 Å². The number of hydrogen-bond donors (Lipinski definition) is 0. The molecule has 0 amide bonds. The molecular formula is C23H20O2. The zero-order valence-corrected chi connectivity index (χ0v) is 13.9. The lowest BCUT2D eigenvalue weighted by atomic mass is 9.72. The van der Waals surface area contributed by atoms with Crippen LogP contribution >= 0.6 is 0 Å². The summed E-state index contributed by atoms with van der Waals surface area (Å²) in [7, 11) is 0. The second-order valence-electron chi connectivity index (χ2n) is 7.20. The molecule has 1 saturated heterocycles. The average Bonchev–Trinajstić information content (AvgIpc) is 2.96. The van der Waals surface area contributed by atoms with Gasteiger partial charge in [0.1, 0.15) is 5.60 Å². The summed E-state index contributed by atoms with van der Waals surface area (Å²) in [5.41, 5.74) is 1.43. The van der Waals surface area contributed by atoms with Crippen LogP contribution in [0.3, 0.4) is 0 Å². The molecule has 5 rings (SSSR count). The molecule has 0 aromatic carbocycles. The maximum absolute atomic E-state index is 12.8. The molecule has 1 saturated carbocycles. The molecule has 0 bridgehead atoms. The zero-order chi connectivity index (χ0) is 16.9. The van der Waals surface area contributed by atoms with Crippen LogP contribution in [0.5, 0.6) is 0 Å². The minimum atomic E-state index is -0.585. The summed E-state index contributed by atoms with van der Waals surface area (Å²) < 4.78 is 6.27. The SMILES string of the molecule is O=C1O[C@@]2(C3=CC=CC=C[C@@H]3[C@@H]3C=CC=CC[C@@H]32)[C@H]2C=CC=CC=C12. The van der Waals surface area contributed by atoms with Gasteiger partial charge in [0.25, 0.3) is 0 Å². The first-order valence-electron chi connectivity index (χ1n) is 8.99. The highest BCUT2D eigenvalue weighted by molar-refractivity contribution is 5.94. The Hall–Kier alpha value is -2.61. The number of carbonyl (C=O) groups is 1. The van der Waals surface area contributed by atoms with Crippen LogP contribution in [0.15, 0.2) is 96.2 Å². The third-order valence-corrected chi connectivity index (χ3v) is 6.12. The van der Waals surface area contributed by atoms with Gasteiger partial charge in [-0.2, -0.15) is 0 Å². The molecule has 124 valence electrons. The second-order valence-corrected chi connectivity index (χ2v) is 7.20. The van der Waals surface area contributed by atoms with Gasteiger partial charge in [-0.25, -0.2) is 4.79 Å². The van der Waals surface area contributed by atoms with Crippen molar-refractivity contribution < 1.29 is 9.53 Å². The molecule has 25 heavy (non-hydrogen) atoms. The van der Waals surface area contributed by atoms with Crippen LogP contribution in [0.25, 0.3) is 0 Å². The molecule has 4 aliphatic carbocycles. The highest BCUT2D eigenvalue weighted by atomic mass is 16.6. The number of hydrogen-bond acceptors (Lipinski definition) is 2. The fourth-order valence-electron chi connectivity index (χ4n) is 5.18. The third kappa shape index (κ3) is 1.94. The standard InChI is InChI=1S/C23H20O2/c24-22-18-12-6-3-9-15-21(18)23(25-22)19-13-7-1-4-10-16(19)17-11-5-2-8-14-20(17)23/h1-13,15-17,20-21H,14H2/t16-,17+,20+,21+,23-/m1/s1. The number of ether oxygens (including phenoxy) is 1. The van der Waals surface area contributed by atoms with Gasteiger partial charge < -0.3 is 4.74 Å². The first-order valence-corrected chi connectivity index (χ1v) is 8.99. The quantitative estimate of drug-likeness (QED) is 0.617. The maximum Gasteiger partial charge on any atom is 0.335 e. The van der Waals surface area contributed by atoms with Gasteiger partial charge in [-0.3, -0.25) is 0 Å². The number of rotatable bonds is 0. The average molecular weight is 328 g/mol. The van der Waals surface area contributed by atoms with E-state index in [-0.39, 0.29) is 23.7 Å². The minimum absolute atomic E-state index is 0.0291. The van der Waals surface area contributed by atoms with Crippen molar-refractivity contribution in [2.24, 2.45) is 23.7 Å². The van der Waals surface area contributed by atoms with E-state index in [0.717, 1.165) is 12.0 Å². The van der Waals surface area contributed by atoms with Crippen molar-refractivity contribution in [1.29, 1.82) is 0 Å². The van der Waals surface area contributed by atoms with Gasteiger partial charge in [0.05, 0.1) is 5.92 Å². The summed E-state index contributed by atoms with van der Waals surface area (Å²) >= 11 is 0. The topological polar surface area (TPSA) is 26.3 Å². The largest absolute Gasteiger partial charge is 0.450 e. The van der Waals surface area contributed by atoms with Crippen LogP contribution in [0.4, 0.5) is 0 Å². The van der Waals surface area contributed by atoms with Gasteiger partial charge in [-0.1, -0.05) is 85.1 Å². The van der Waals surface area contributed by atoms with Crippen molar-refractivity contribution in [3.8, 4) is 0 Å². The Morgan fingerprint density at radius 3 is 2.60 bits per heavy atom. The van der Waals surface area contributed by atoms with Crippen LogP contribution in [-0.4, -0.2) is 11.6 Å². The third-order valence-electron chi connectivity index (χ3n) is 6.12. The van der Waals surface area contributed by atoms with Crippen molar-refractivity contribution in [2.45, 2.75) is 12.0 Å². The highest BCUT2D eigenvalue weighted by Crippen LogP contribution is 2.61. The van der Waals surface area contributed by atoms with Gasteiger partial charge >= 0.3 is 5.97 Å². The second kappa shape index (κ2) is 5.45. The molecule has 1 aliphatic heterocycles. The Balaban J connectivity index is 1.75. The lowest BCUT2D eigenvalue weighted by Crippen LogP contribution is -2.42. The molecule has 2 nitrogen and oxygen atoms in total. The van der Waals surface area contributed by atoms with Crippen LogP contribution in [0, 0.1) is 23.7 Å². The Morgan fingerprint density at radius 2 is 1.68 bits per heavy atom. The molecule has 0 aromatic heterocycles. The van der Waals surface area contributed by atoms with Gasteiger partial charge in [-0.15, -0.1) is 0 Å². The van der Waals surface area contributed by atoms with Crippen molar-refractivity contribution in [3.05, 3.63) is 96.2 Å². The van der Waals surface area contributed by atoms with E-state index in [4.69, 9.17) is 4.74 Å². The number of fused-ring (bicyclic) bond motifs is 7. The summed E-state index contributed by atoms with van der Waals surface area (Å²) in [5, 5.41) is 0. The minimum Gasteiger partial charge on any atom is -0.450 e. The monoisotopic (exact) mass is 328 g/mol. The number of allylic oxidation sites excluding steroid dienone is 13. The normalized spacial score (nSPS) is 39.9. The van der Waals surface area contributed by atoms with Gasteiger partial charge in [0.2, 0.25) is 0 Å². The van der Waals surface area contributed by atoms with E-state index in [9.17, 15) is 4.79 Å². The van der Waals surface area contributed by atoms with Crippen molar-refractivity contribution in [2.75, 3.05) is 0 Å². The molecule has 1 spiro atoms. The van der Waals surface area contributed by atoms with Crippen LogP contribution in [0.2, 0.25) is 0 Å². The highest BCUT2D eigenvalue weighted by Gasteiger charge is 2.65. The molecule has 0 aromatic rings. The molecule has 5 aliphatic rings. The predicted octanol–water partition coefficient (Wildman–Crippen LogP) is 4.38. The Morgan fingerprint density at radius 1 is 0.880 bits per heavy atom. The smallest absolute Gasteiger partial charge is 0.335 e. The fraction of sp³-hybridized carbons (Fsp3) is 0.261. The predicted molar refractivity (Wildman–Crippen MR) is 98.4 cm³/mol. The van der Waals surface area contributed by atoms with E-state index in [1.807, 2.05) is 24.3 Å². The van der Waals surface area contributed by atoms with Crippen molar-refractivity contribution in [3.63, 3.8) is 0 Å². The summed E-state index contributed by atoms with van der Waals surface area (Å²) in [6.45, 7) is 0. The van der Waals surface area contributed by atoms with E-state index in [1.165, 1.54) is 5.57 Å². The first kappa shape index (κ1) is 14.7. The van der Waals surface area contributed by atoms with E-state index in [1.54, 1.807) is 0 Å². The summed E-state index contributed by atoms with van der Waals surface area (Å²) in [4.78, 5) is 12.8. The summed E-state index contributed by atoms with van der Waals surface area (Å²) in [6, 6.07) is 0. The Kier molecular flexibility index (Phi) is 3.21. The lowest BCUT2D eigenvalue weighted by Gasteiger charge is -2.36. The molecule has 5 atom stereocenters. The van der Waals surface area contributed by atoms with Gasteiger partial charge in [-0.05, 0) is 17.9 Å². The summed E-state index contributed by atoms with van der Waals surface area (Å²) in [6.07, 6.45) is 30.4.